The third-order valence-electron chi connectivity index (χ3n) is 3.83. The Morgan fingerprint density at radius 2 is 1.79 bits per heavy atom. The molecule has 0 bridgehead atoms. The van der Waals surface area contributed by atoms with E-state index in [1.807, 2.05) is 61.5 Å². The maximum atomic E-state index is 12.1. The smallest absolute Gasteiger partial charge is 0.262 e. The largest absolute Gasteiger partial charge is 0.483 e. The van der Waals surface area contributed by atoms with Crippen LogP contribution < -0.4 is 10.1 Å². The summed E-state index contributed by atoms with van der Waals surface area (Å²) in [6, 6.07) is 18.7. The van der Waals surface area contributed by atoms with E-state index in [1.165, 1.54) is 0 Å². The summed E-state index contributed by atoms with van der Waals surface area (Å²) in [7, 11) is 0. The minimum atomic E-state index is -0.269. The van der Waals surface area contributed by atoms with Gasteiger partial charge in [0.1, 0.15) is 5.75 Å². The molecule has 0 heterocycles. The molecular formula is C20H17NO3. The van der Waals surface area contributed by atoms with Gasteiger partial charge in [0.2, 0.25) is 0 Å². The number of ether oxygens (including phenoxy) is 1. The number of hydrogen-bond donors (Lipinski definition) is 1. The van der Waals surface area contributed by atoms with Crippen LogP contribution in [0.15, 0.2) is 60.7 Å². The molecular weight excluding hydrogens is 302 g/mol. The van der Waals surface area contributed by atoms with Crippen LogP contribution >= 0.6 is 0 Å². The lowest BCUT2D eigenvalue weighted by Gasteiger charge is -2.12. The number of hydrogen-bond acceptors (Lipinski definition) is 3. The highest BCUT2D eigenvalue weighted by atomic mass is 16.5. The van der Waals surface area contributed by atoms with Gasteiger partial charge < -0.3 is 10.1 Å². The zero-order chi connectivity index (χ0) is 16.9. The fraction of sp³-hybridized carbons (Fsp3) is 0.100. The Kier molecular flexibility index (Phi) is 4.57. The van der Waals surface area contributed by atoms with Crippen molar-refractivity contribution in [2.45, 2.75) is 6.92 Å². The number of anilines is 1. The molecule has 0 unspecified atom stereocenters. The summed E-state index contributed by atoms with van der Waals surface area (Å²) in [5.41, 5.74) is 2.18. The zero-order valence-electron chi connectivity index (χ0n) is 13.3. The van der Waals surface area contributed by atoms with E-state index < -0.39 is 0 Å². The quantitative estimate of drug-likeness (QED) is 0.724. The van der Waals surface area contributed by atoms with E-state index in [0.29, 0.717) is 11.3 Å². The summed E-state index contributed by atoms with van der Waals surface area (Å²) in [6.07, 6.45) is 0.761. The van der Waals surface area contributed by atoms with Crippen molar-refractivity contribution in [2.24, 2.45) is 0 Å². The van der Waals surface area contributed by atoms with E-state index >= 15 is 0 Å². The molecule has 4 nitrogen and oxygen atoms in total. The molecule has 0 aliphatic heterocycles. The molecule has 3 aromatic carbocycles. The maximum absolute atomic E-state index is 12.1. The Labute approximate surface area is 140 Å². The third-order valence-corrected chi connectivity index (χ3v) is 3.83. The second kappa shape index (κ2) is 6.96. The second-order valence-electron chi connectivity index (χ2n) is 5.47. The van der Waals surface area contributed by atoms with Gasteiger partial charge in [0.25, 0.3) is 5.91 Å². The summed E-state index contributed by atoms with van der Waals surface area (Å²) in [5.74, 6) is 0.137. The van der Waals surface area contributed by atoms with E-state index in [2.05, 4.69) is 5.32 Å². The van der Waals surface area contributed by atoms with Crippen LogP contribution in [0.3, 0.4) is 0 Å². The van der Waals surface area contributed by atoms with Gasteiger partial charge in [-0.05, 0) is 35.4 Å². The van der Waals surface area contributed by atoms with Gasteiger partial charge in [0.05, 0.1) is 5.56 Å². The van der Waals surface area contributed by atoms with Crippen LogP contribution in [0.5, 0.6) is 5.75 Å². The highest BCUT2D eigenvalue weighted by Crippen LogP contribution is 2.26. The molecule has 1 N–H and O–H groups in total. The molecule has 0 atom stereocenters. The van der Waals surface area contributed by atoms with Crippen molar-refractivity contribution in [3.63, 3.8) is 0 Å². The standard InChI is InChI=1S/C20H17NO3/c1-14-6-2-5-9-18(14)21-20(23)13-24-19-11-10-15-7-3-4-8-16(15)17(19)12-22/h2-12H,13H2,1H3,(H,21,23). The first-order valence-electron chi connectivity index (χ1n) is 7.64. The Morgan fingerprint density at radius 1 is 1.04 bits per heavy atom. The van der Waals surface area contributed by atoms with Crippen LogP contribution in [0.4, 0.5) is 5.69 Å². The van der Waals surface area contributed by atoms with Crippen molar-refractivity contribution in [1.82, 2.24) is 0 Å². The summed E-state index contributed by atoms with van der Waals surface area (Å²) in [6.45, 7) is 1.76. The van der Waals surface area contributed by atoms with Gasteiger partial charge in [0.15, 0.2) is 12.9 Å². The van der Waals surface area contributed by atoms with E-state index in [-0.39, 0.29) is 12.5 Å². The molecule has 24 heavy (non-hydrogen) atoms. The Balaban J connectivity index is 1.75. The van der Waals surface area contributed by atoms with Gasteiger partial charge in [-0.3, -0.25) is 9.59 Å². The van der Waals surface area contributed by atoms with E-state index in [0.717, 1.165) is 28.3 Å². The van der Waals surface area contributed by atoms with E-state index in [1.54, 1.807) is 6.07 Å². The first kappa shape index (κ1) is 15.7. The van der Waals surface area contributed by atoms with Gasteiger partial charge in [-0.1, -0.05) is 48.5 Å². The summed E-state index contributed by atoms with van der Waals surface area (Å²) < 4.78 is 5.57. The van der Waals surface area contributed by atoms with Crippen molar-refractivity contribution >= 4 is 28.7 Å². The number of aldehydes is 1. The van der Waals surface area contributed by atoms with Gasteiger partial charge in [-0.2, -0.15) is 0 Å². The summed E-state index contributed by atoms with van der Waals surface area (Å²) in [5, 5.41) is 4.57. The first-order chi connectivity index (χ1) is 11.7. The van der Waals surface area contributed by atoms with Crippen molar-refractivity contribution in [3.8, 4) is 5.75 Å². The molecule has 0 fully saturated rings. The zero-order valence-corrected chi connectivity index (χ0v) is 13.3. The number of nitrogens with one attached hydrogen (secondary N) is 1. The van der Waals surface area contributed by atoms with Crippen LogP contribution in [0.1, 0.15) is 15.9 Å². The molecule has 120 valence electrons. The van der Waals surface area contributed by atoms with Crippen LogP contribution in [0, 0.1) is 6.92 Å². The average Bonchev–Trinajstić information content (AvgIpc) is 2.61. The number of para-hydroxylation sites is 1. The third kappa shape index (κ3) is 3.27. The number of carbonyl (C=O) groups is 2. The second-order valence-corrected chi connectivity index (χ2v) is 5.47. The molecule has 1 amide bonds. The van der Waals surface area contributed by atoms with Gasteiger partial charge >= 0.3 is 0 Å². The van der Waals surface area contributed by atoms with Gasteiger partial charge in [0, 0.05) is 5.69 Å². The molecule has 4 heteroatoms. The number of aryl methyl sites for hydroxylation is 1. The molecule has 3 aromatic rings. The van der Waals surface area contributed by atoms with Crippen LogP contribution in [-0.4, -0.2) is 18.8 Å². The fourth-order valence-corrected chi connectivity index (χ4v) is 2.57. The molecule has 0 aromatic heterocycles. The number of carbonyl (C=O) groups excluding carboxylic acids is 2. The molecule has 0 aliphatic rings. The minimum absolute atomic E-state index is 0.159. The Morgan fingerprint density at radius 3 is 2.58 bits per heavy atom. The Hall–Kier alpha value is -3.14. The number of benzene rings is 3. The predicted octanol–water partition coefficient (Wildman–Crippen LogP) is 3.98. The fourth-order valence-electron chi connectivity index (χ4n) is 2.57. The monoisotopic (exact) mass is 319 g/mol. The van der Waals surface area contributed by atoms with Crippen molar-refractivity contribution in [2.75, 3.05) is 11.9 Å². The lowest BCUT2D eigenvalue weighted by atomic mass is 10.0. The van der Waals surface area contributed by atoms with Crippen LogP contribution in [-0.2, 0) is 4.79 Å². The molecule has 0 aliphatic carbocycles. The number of fused-ring (bicyclic) bond motifs is 1. The van der Waals surface area contributed by atoms with Crippen LogP contribution in [0.2, 0.25) is 0 Å². The maximum Gasteiger partial charge on any atom is 0.262 e. The molecule has 0 saturated heterocycles. The normalized spacial score (nSPS) is 10.4. The van der Waals surface area contributed by atoms with Crippen LogP contribution in [0.25, 0.3) is 10.8 Å². The lowest BCUT2D eigenvalue weighted by molar-refractivity contribution is -0.118. The number of rotatable bonds is 5. The topological polar surface area (TPSA) is 55.4 Å². The van der Waals surface area contributed by atoms with Crippen molar-refractivity contribution in [3.05, 3.63) is 71.8 Å². The molecule has 0 saturated carbocycles. The first-order valence-corrected chi connectivity index (χ1v) is 7.64. The number of amides is 1. The molecule has 3 rings (SSSR count). The minimum Gasteiger partial charge on any atom is -0.483 e. The molecule has 0 radical (unpaired) electrons. The SMILES string of the molecule is Cc1ccccc1NC(=O)COc1ccc2ccccc2c1C=O. The van der Waals surface area contributed by atoms with Gasteiger partial charge in [-0.25, -0.2) is 0 Å². The predicted molar refractivity (Wildman–Crippen MR) is 94.6 cm³/mol. The van der Waals surface area contributed by atoms with E-state index in [9.17, 15) is 9.59 Å². The van der Waals surface area contributed by atoms with Crippen molar-refractivity contribution < 1.29 is 14.3 Å². The lowest BCUT2D eigenvalue weighted by Crippen LogP contribution is -2.21. The highest BCUT2D eigenvalue weighted by Gasteiger charge is 2.10. The summed E-state index contributed by atoms with van der Waals surface area (Å²) >= 11 is 0. The van der Waals surface area contributed by atoms with Crippen molar-refractivity contribution in [1.29, 1.82) is 0 Å². The Bertz CT molecular complexity index is 902. The summed E-state index contributed by atoms with van der Waals surface area (Å²) in [4.78, 5) is 23.5. The van der Waals surface area contributed by atoms with Gasteiger partial charge in [-0.15, -0.1) is 0 Å². The highest BCUT2D eigenvalue weighted by molar-refractivity contribution is 6.01. The van der Waals surface area contributed by atoms with E-state index in [4.69, 9.17) is 4.74 Å². The average molecular weight is 319 g/mol. The molecule has 0 spiro atoms.